The minimum Gasteiger partial charge on any atom is -0.496 e. The smallest absolute Gasteiger partial charge is 0.263 e. The number of aromatic amines is 1. The van der Waals surface area contributed by atoms with Gasteiger partial charge in [-0.05, 0) is 59.7 Å². The van der Waals surface area contributed by atoms with Crippen molar-refractivity contribution in [3.8, 4) is 16.9 Å². The number of benzene rings is 2. The van der Waals surface area contributed by atoms with Gasteiger partial charge in [-0.1, -0.05) is 12.1 Å². The lowest BCUT2D eigenvalue weighted by molar-refractivity contribution is 0.0948. The number of carbonyl (C=O) groups excluding carboxylic acids is 1. The topological polar surface area (TPSA) is 89.0 Å². The Kier molecular flexibility index (Phi) is 6.51. The van der Waals surface area contributed by atoms with E-state index in [0.717, 1.165) is 39.9 Å². The minimum absolute atomic E-state index is 0.00744. The van der Waals surface area contributed by atoms with E-state index in [1.54, 1.807) is 19.4 Å². The molecule has 0 aliphatic heterocycles. The maximum Gasteiger partial charge on any atom is 0.263 e. The quantitative estimate of drug-likeness (QED) is 0.340. The number of fused-ring (bicyclic) bond motifs is 1. The Morgan fingerprint density at radius 2 is 1.95 bits per heavy atom. The van der Waals surface area contributed by atoms with Crippen LogP contribution in [-0.2, 0) is 13.1 Å². The standard InChI is InChI=1S/C28H22F2N4O3/c1-37-25-9-7-18(22-15-32-26-20(22)4-2-10-31-26)13-19(25)14-33-27(35)21-5-3-11-34(28(21)36)16-17-6-8-23(29)24(30)12-17/h2-13,15H,14,16H2,1H3,(H,31,32)(H,33,35). The van der Waals surface area contributed by atoms with Gasteiger partial charge in [-0.2, -0.15) is 0 Å². The van der Waals surface area contributed by atoms with E-state index >= 15 is 0 Å². The highest BCUT2D eigenvalue weighted by molar-refractivity contribution is 5.94. The van der Waals surface area contributed by atoms with E-state index in [4.69, 9.17) is 4.74 Å². The van der Waals surface area contributed by atoms with Crippen LogP contribution in [0.2, 0.25) is 0 Å². The molecule has 186 valence electrons. The van der Waals surface area contributed by atoms with Gasteiger partial charge >= 0.3 is 0 Å². The number of carbonyl (C=O) groups is 1. The number of pyridine rings is 2. The van der Waals surface area contributed by atoms with Crippen molar-refractivity contribution < 1.29 is 18.3 Å². The summed E-state index contributed by atoms with van der Waals surface area (Å²) in [5, 5.41) is 3.75. The highest BCUT2D eigenvalue weighted by atomic mass is 19.2. The number of ether oxygens (including phenoxy) is 1. The fraction of sp³-hybridized carbons (Fsp3) is 0.107. The summed E-state index contributed by atoms with van der Waals surface area (Å²) in [7, 11) is 1.55. The van der Waals surface area contributed by atoms with Gasteiger partial charge < -0.3 is 19.6 Å². The number of rotatable bonds is 7. The lowest BCUT2D eigenvalue weighted by atomic mass is 10.0. The van der Waals surface area contributed by atoms with E-state index in [1.807, 2.05) is 36.5 Å². The molecule has 37 heavy (non-hydrogen) atoms. The van der Waals surface area contributed by atoms with Gasteiger partial charge in [0.15, 0.2) is 11.6 Å². The molecule has 7 nitrogen and oxygen atoms in total. The number of nitrogens with zero attached hydrogens (tertiary/aromatic N) is 2. The zero-order chi connectivity index (χ0) is 25.9. The van der Waals surface area contributed by atoms with Crippen molar-refractivity contribution in [3.63, 3.8) is 0 Å². The molecule has 0 fully saturated rings. The van der Waals surface area contributed by atoms with Crippen molar-refractivity contribution in [1.82, 2.24) is 19.9 Å². The first-order chi connectivity index (χ1) is 17.9. The molecule has 0 saturated heterocycles. The first-order valence-electron chi connectivity index (χ1n) is 11.5. The van der Waals surface area contributed by atoms with Crippen molar-refractivity contribution in [1.29, 1.82) is 0 Å². The van der Waals surface area contributed by atoms with Gasteiger partial charge in [0.05, 0.1) is 13.7 Å². The number of methoxy groups -OCH3 is 1. The SMILES string of the molecule is COc1ccc(-c2c[nH]c3ncccc23)cc1CNC(=O)c1cccn(Cc2ccc(F)c(F)c2)c1=O. The number of H-pyrrole nitrogens is 1. The first kappa shape index (κ1) is 23.9. The lowest BCUT2D eigenvalue weighted by Crippen LogP contribution is -2.32. The van der Waals surface area contributed by atoms with E-state index in [9.17, 15) is 18.4 Å². The van der Waals surface area contributed by atoms with Crippen molar-refractivity contribution >= 4 is 16.9 Å². The van der Waals surface area contributed by atoms with E-state index < -0.39 is 23.1 Å². The molecule has 3 aromatic heterocycles. The fourth-order valence-electron chi connectivity index (χ4n) is 4.22. The molecule has 9 heteroatoms. The van der Waals surface area contributed by atoms with E-state index in [1.165, 1.54) is 22.9 Å². The number of nitrogens with one attached hydrogen (secondary N) is 2. The molecule has 5 rings (SSSR count). The Morgan fingerprint density at radius 3 is 2.76 bits per heavy atom. The maximum atomic E-state index is 13.6. The summed E-state index contributed by atoms with van der Waals surface area (Å²) in [6.45, 7) is 0.112. The van der Waals surface area contributed by atoms with Crippen LogP contribution in [0.1, 0.15) is 21.5 Å². The van der Waals surface area contributed by atoms with E-state index in [-0.39, 0.29) is 18.7 Å². The van der Waals surface area contributed by atoms with Crippen LogP contribution in [0.25, 0.3) is 22.2 Å². The minimum atomic E-state index is -1.00. The average Bonchev–Trinajstić information content (AvgIpc) is 3.34. The third kappa shape index (κ3) is 4.84. The van der Waals surface area contributed by atoms with Crippen LogP contribution in [0.15, 0.2) is 84.0 Å². The lowest BCUT2D eigenvalue weighted by Gasteiger charge is -2.13. The zero-order valence-electron chi connectivity index (χ0n) is 19.8. The van der Waals surface area contributed by atoms with Crippen LogP contribution in [0.3, 0.4) is 0 Å². The largest absolute Gasteiger partial charge is 0.496 e. The summed E-state index contributed by atoms with van der Waals surface area (Å²) in [6.07, 6.45) is 5.08. The molecule has 0 atom stereocenters. The molecule has 3 heterocycles. The van der Waals surface area contributed by atoms with E-state index in [0.29, 0.717) is 11.3 Å². The molecular formula is C28H22F2N4O3. The van der Waals surface area contributed by atoms with Crippen molar-refractivity contribution in [2.45, 2.75) is 13.1 Å². The Bertz CT molecular complexity index is 1680. The third-order valence-electron chi connectivity index (χ3n) is 6.08. The molecule has 0 saturated carbocycles. The number of hydrogen-bond acceptors (Lipinski definition) is 4. The Morgan fingerprint density at radius 1 is 1.08 bits per heavy atom. The normalized spacial score (nSPS) is 11.0. The average molecular weight is 501 g/mol. The molecule has 0 unspecified atom stereocenters. The summed E-state index contributed by atoms with van der Waals surface area (Å²) in [6, 6.07) is 15.9. The molecule has 0 bridgehead atoms. The molecule has 2 aromatic carbocycles. The Labute approximate surface area is 210 Å². The second-order valence-electron chi connectivity index (χ2n) is 8.41. The Hall–Kier alpha value is -4.79. The van der Waals surface area contributed by atoms with Gasteiger partial charge in [-0.15, -0.1) is 0 Å². The van der Waals surface area contributed by atoms with E-state index in [2.05, 4.69) is 15.3 Å². The third-order valence-corrected chi connectivity index (χ3v) is 6.08. The predicted octanol–water partition coefficient (Wildman–Crippen LogP) is 4.66. The molecule has 0 spiro atoms. The zero-order valence-corrected chi connectivity index (χ0v) is 19.8. The van der Waals surface area contributed by atoms with Gasteiger partial charge in [0.25, 0.3) is 11.5 Å². The summed E-state index contributed by atoms with van der Waals surface area (Å²) in [4.78, 5) is 33.4. The van der Waals surface area contributed by atoms with Crippen LogP contribution < -0.4 is 15.6 Å². The van der Waals surface area contributed by atoms with Gasteiger partial charge in [0, 0.05) is 41.6 Å². The van der Waals surface area contributed by atoms with Crippen LogP contribution >= 0.6 is 0 Å². The second-order valence-corrected chi connectivity index (χ2v) is 8.41. The Balaban J connectivity index is 1.37. The first-order valence-corrected chi connectivity index (χ1v) is 11.5. The van der Waals surface area contributed by atoms with Crippen molar-refractivity contribution in [2.24, 2.45) is 0 Å². The number of aromatic nitrogens is 3. The van der Waals surface area contributed by atoms with Crippen molar-refractivity contribution in [3.05, 3.63) is 118 Å². The highest BCUT2D eigenvalue weighted by Gasteiger charge is 2.15. The molecule has 0 radical (unpaired) electrons. The summed E-state index contributed by atoms with van der Waals surface area (Å²) >= 11 is 0. The van der Waals surface area contributed by atoms with Gasteiger partial charge in [0.2, 0.25) is 0 Å². The van der Waals surface area contributed by atoms with Crippen LogP contribution in [-0.4, -0.2) is 27.6 Å². The predicted molar refractivity (Wildman–Crippen MR) is 135 cm³/mol. The molecular weight excluding hydrogens is 478 g/mol. The van der Waals surface area contributed by atoms with Crippen LogP contribution in [0.5, 0.6) is 5.75 Å². The highest BCUT2D eigenvalue weighted by Crippen LogP contribution is 2.31. The molecule has 5 aromatic rings. The van der Waals surface area contributed by atoms with Crippen LogP contribution in [0.4, 0.5) is 8.78 Å². The fourth-order valence-corrected chi connectivity index (χ4v) is 4.22. The maximum absolute atomic E-state index is 13.6. The molecule has 1 amide bonds. The van der Waals surface area contributed by atoms with Gasteiger partial charge in [0.1, 0.15) is 17.0 Å². The number of amides is 1. The monoisotopic (exact) mass is 500 g/mol. The number of halogens is 2. The van der Waals surface area contributed by atoms with Gasteiger partial charge in [-0.25, -0.2) is 13.8 Å². The molecule has 2 N–H and O–H groups in total. The van der Waals surface area contributed by atoms with Crippen molar-refractivity contribution in [2.75, 3.05) is 7.11 Å². The summed E-state index contributed by atoms with van der Waals surface area (Å²) in [5.74, 6) is -1.94. The summed E-state index contributed by atoms with van der Waals surface area (Å²) in [5.41, 5.74) is 3.16. The van der Waals surface area contributed by atoms with Crippen LogP contribution in [0, 0.1) is 11.6 Å². The molecule has 0 aliphatic rings. The van der Waals surface area contributed by atoms with Gasteiger partial charge in [-0.3, -0.25) is 9.59 Å². The molecule has 0 aliphatic carbocycles. The number of hydrogen-bond donors (Lipinski definition) is 2. The summed E-state index contributed by atoms with van der Waals surface area (Å²) < 4.78 is 33.5. The second kappa shape index (κ2) is 10.1.